The molecule has 1 fully saturated rings. The van der Waals surface area contributed by atoms with Crippen molar-refractivity contribution in [1.82, 2.24) is 15.1 Å². The van der Waals surface area contributed by atoms with Crippen LogP contribution in [-0.4, -0.2) is 51.3 Å². The molecule has 7 heteroatoms. The van der Waals surface area contributed by atoms with Gasteiger partial charge in [0.1, 0.15) is 6.04 Å². The normalized spacial score (nSPS) is 19.6. The zero-order valence-corrected chi connectivity index (χ0v) is 13.1. The van der Waals surface area contributed by atoms with Gasteiger partial charge in [-0.3, -0.25) is 14.8 Å². The van der Waals surface area contributed by atoms with Crippen LogP contribution in [0.4, 0.5) is 10.5 Å². The number of benzene rings is 1. The Hall–Kier alpha value is -2.83. The molecule has 1 aromatic heterocycles. The number of carboxylic acid groups (broad SMARTS) is 1. The highest BCUT2D eigenvalue weighted by molar-refractivity contribution is 6.01. The number of hydrogen-bond donors (Lipinski definition) is 2. The number of carbonyl (C=O) groups is 2. The standard InChI is InChI=1S/C17H18N4O3/c22-16(15-5-2-7-21(15)17(23)24)20-8-6-13-12(3-1-4-14(13)20)11-9-18-19-10-11/h1,3-4,9-10,15H,2,5-8H2,(H,18,19)(H,23,24). The van der Waals surface area contributed by atoms with Gasteiger partial charge < -0.3 is 10.0 Å². The fourth-order valence-corrected chi connectivity index (χ4v) is 3.76. The molecule has 0 aliphatic carbocycles. The average Bonchev–Trinajstić information content (AvgIpc) is 3.31. The molecule has 2 aliphatic rings. The third kappa shape index (κ3) is 2.24. The van der Waals surface area contributed by atoms with Crippen LogP contribution in [0, 0.1) is 0 Å². The molecule has 2 N–H and O–H groups in total. The van der Waals surface area contributed by atoms with Crippen LogP contribution in [0.15, 0.2) is 30.6 Å². The monoisotopic (exact) mass is 326 g/mol. The predicted molar refractivity (Wildman–Crippen MR) is 87.8 cm³/mol. The van der Waals surface area contributed by atoms with Gasteiger partial charge in [0.25, 0.3) is 0 Å². The Morgan fingerprint density at radius 1 is 1.29 bits per heavy atom. The van der Waals surface area contributed by atoms with Gasteiger partial charge in [-0.25, -0.2) is 4.79 Å². The lowest BCUT2D eigenvalue weighted by Gasteiger charge is -2.26. The molecule has 3 heterocycles. The van der Waals surface area contributed by atoms with Crippen molar-refractivity contribution in [3.05, 3.63) is 36.2 Å². The van der Waals surface area contributed by atoms with Crippen LogP contribution in [0.25, 0.3) is 11.1 Å². The number of anilines is 1. The number of hydrogen-bond acceptors (Lipinski definition) is 3. The molecule has 1 unspecified atom stereocenters. The molecule has 2 aliphatic heterocycles. The van der Waals surface area contributed by atoms with Gasteiger partial charge in [0.2, 0.25) is 5.91 Å². The smallest absolute Gasteiger partial charge is 0.407 e. The molecular formula is C17H18N4O3. The summed E-state index contributed by atoms with van der Waals surface area (Å²) in [4.78, 5) is 27.3. The van der Waals surface area contributed by atoms with Crippen molar-refractivity contribution >= 4 is 17.7 Å². The lowest BCUT2D eigenvalue weighted by Crippen LogP contribution is -2.47. The van der Waals surface area contributed by atoms with Gasteiger partial charge in [0.15, 0.2) is 0 Å². The van der Waals surface area contributed by atoms with Gasteiger partial charge in [-0.05, 0) is 36.5 Å². The summed E-state index contributed by atoms with van der Waals surface area (Å²) in [5.41, 5.74) is 4.07. The summed E-state index contributed by atoms with van der Waals surface area (Å²) >= 11 is 0. The molecule has 2 amide bonds. The number of likely N-dealkylation sites (tertiary alicyclic amines) is 1. The van der Waals surface area contributed by atoms with Crippen molar-refractivity contribution in [1.29, 1.82) is 0 Å². The molecule has 0 radical (unpaired) electrons. The SMILES string of the molecule is O=C(C1CCCN1C(=O)O)N1CCc2c(-c3cn[nH]c3)cccc21. The van der Waals surface area contributed by atoms with Crippen molar-refractivity contribution in [2.24, 2.45) is 0 Å². The van der Waals surface area contributed by atoms with E-state index in [1.165, 1.54) is 4.90 Å². The molecular weight excluding hydrogens is 308 g/mol. The van der Waals surface area contributed by atoms with E-state index in [-0.39, 0.29) is 5.91 Å². The summed E-state index contributed by atoms with van der Waals surface area (Å²) < 4.78 is 0. The molecule has 2 aromatic rings. The van der Waals surface area contributed by atoms with Crippen LogP contribution in [0.1, 0.15) is 18.4 Å². The third-order valence-corrected chi connectivity index (χ3v) is 4.89. The molecule has 1 aromatic carbocycles. The van der Waals surface area contributed by atoms with Gasteiger partial charge in [0.05, 0.1) is 6.20 Å². The molecule has 1 atom stereocenters. The van der Waals surface area contributed by atoms with Gasteiger partial charge in [0, 0.05) is 30.5 Å². The summed E-state index contributed by atoms with van der Waals surface area (Å²) in [6, 6.07) is 5.32. The Bertz CT molecular complexity index is 787. The first-order chi connectivity index (χ1) is 11.7. The van der Waals surface area contributed by atoms with Crippen molar-refractivity contribution in [3.63, 3.8) is 0 Å². The Kier molecular flexibility index (Phi) is 3.48. The maximum Gasteiger partial charge on any atom is 0.407 e. The van der Waals surface area contributed by atoms with Crippen LogP contribution < -0.4 is 4.90 Å². The second-order valence-electron chi connectivity index (χ2n) is 6.16. The van der Waals surface area contributed by atoms with E-state index < -0.39 is 12.1 Å². The maximum atomic E-state index is 12.9. The number of H-pyrrole nitrogens is 1. The first-order valence-electron chi connectivity index (χ1n) is 8.09. The van der Waals surface area contributed by atoms with E-state index in [9.17, 15) is 14.7 Å². The highest BCUT2D eigenvalue weighted by atomic mass is 16.4. The number of fused-ring (bicyclic) bond motifs is 1. The highest BCUT2D eigenvalue weighted by Crippen LogP contribution is 2.37. The zero-order chi connectivity index (χ0) is 16.7. The molecule has 124 valence electrons. The molecule has 7 nitrogen and oxygen atoms in total. The lowest BCUT2D eigenvalue weighted by atomic mass is 10.0. The quantitative estimate of drug-likeness (QED) is 0.884. The fraction of sp³-hybridized carbons (Fsp3) is 0.353. The molecule has 0 bridgehead atoms. The van der Waals surface area contributed by atoms with E-state index in [1.807, 2.05) is 24.4 Å². The Morgan fingerprint density at radius 3 is 2.92 bits per heavy atom. The van der Waals surface area contributed by atoms with Crippen LogP contribution >= 0.6 is 0 Å². The number of amides is 2. The minimum Gasteiger partial charge on any atom is -0.465 e. The number of nitrogens with zero attached hydrogens (tertiary/aromatic N) is 3. The Morgan fingerprint density at radius 2 is 2.17 bits per heavy atom. The minimum absolute atomic E-state index is 0.113. The summed E-state index contributed by atoms with van der Waals surface area (Å²) in [5.74, 6) is -0.113. The molecule has 0 spiro atoms. The maximum absolute atomic E-state index is 12.9. The van der Waals surface area contributed by atoms with E-state index >= 15 is 0 Å². The summed E-state index contributed by atoms with van der Waals surface area (Å²) in [6.45, 7) is 1.02. The van der Waals surface area contributed by atoms with E-state index in [0.29, 0.717) is 19.5 Å². The van der Waals surface area contributed by atoms with Crippen molar-refractivity contribution < 1.29 is 14.7 Å². The first-order valence-corrected chi connectivity index (χ1v) is 8.09. The van der Waals surface area contributed by atoms with Crippen LogP contribution in [0.2, 0.25) is 0 Å². The summed E-state index contributed by atoms with van der Waals surface area (Å²) in [5, 5.41) is 16.1. The van der Waals surface area contributed by atoms with E-state index in [2.05, 4.69) is 10.2 Å². The summed E-state index contributed by atoms with van der Waals surface area (Å²) in [7, 11) is 0. The van der Waals surface area contributed by atoms with Crippen LogP contribution in [0.5, 0.6) is 0 Å². The van der Waals surface area contributed by atoms with Crippen LogP contribution in [0.3, 0.4) is 0 Å². The minimum atomic E-state index is -1.02. The second-order valence-corrected chi connectivity index (χ2v) is 6.16. The average molecular weight is 326 g/mol. The van der Waals surface area contributed by atoms with Crippen molar-refractivity contribution in [2.45, 2.75) is 25.3 Å². The van der Waals surface area contributed by atoms with Crippen molar-refractivity contribution in [3.8, 4) is 11.1 Å². The molecule has 24 heavy (non-hydrogen) atoms. The van der Waals surface area contributed by atoms with E-state index in [0.717, 1.165) is 35.2 Å². The van der Waals surface area contributed by atoms with Gasteiger partial charge in [-0.1, -0.05) is 12.1 Å². The first kappa shape index (κ1) is 14.7. The van der Waals surface area contributed by atoms with Gasteiger partial charge >= 0.3 is 6.09 Å². The topological polar surface area (TPSA) is 89.5 Å². The third-order valence-electron chi connectivity index (χ3n) is 4.89. The molecule has 1 saturated heterocycles. The lowest BCUT2D eigenvalue weighted by molar-refractivity contribution is -0.122. The number of carbonyl (C=O) groups excluding carboxylic acids is 1. The Balaban J connectivity index is 1.66. The van der Waals surface area contributed by atoms with Crippen LogP contribution in [-0.2, 0) is 11.2 Å². The van der Waals surface area contributed by atoms with E-state index in [1.54, 1.807) is 11.1 Å². The molecule has 0 saturated carbocycles. The van der Waals surface area contributed by atoms with Gasteiger partial charge in [-0.15, -0.1) is 0 Å². The fourth-order valence-electron chi connectivity index (χ4n) is 3.76. The zero-order valence-electron chi connectivity index (χ0n) is 13.1. The van der Waals surface area contributed by atoms with E-state index in [4.69, 9.17) is 0 Å². The number of nitrogens with one attached hydrogen (secondary N) is 1. The number of rotatable bonds is 2. The largest absolute Gasteiger partial charge is 0.465 e. The predicted octanol–water partition coefficient (Wildman–Crippen LogP) is 2.11. The van der Waals surface area contributed by atoms with Crippen molar-refractivity contribution in [2.75, 3.05) is 18.0 Å². The number of aromatic nitrogens is 2. The second kappa shape index (κ2) is 5.67. The van der Waals surface area contributed by atoms with Gasteiger partial charge in [-0.2, -0.15) is 5.10 Å². The highest BCUT2D eigenvalue weighted by Gasteiger charge is 2.39. The summed E-state index contributed by atoms with van der Waals surface area (Å²) in [6.07, 6.45) is 4.68. The number of aromatic amines is 1. The Labute approximate surface area is 138 Å². The molecule has 4 rings (SSSR count).